The molecule has 0 amide bonds. The van der Waals surface area contributed by atoms with E-state index in [1.807, 2.05) is 45.3 Å². The van der Waals surface area contributed by atoms with Crippen molar-refractivity contribution < 1.29 is 0 Å². The van der Waals surface area contributed by atoms with E-state index >= 15 is 0 Å². The van der Waals surface area contributed by atoms with E-state index in [4.69, 9.17) is 0 Å². The number of benzene rings is 1. The van der Waals surface area contributed by atoms with E-state index in [0.717, 1.165) is 0 Å². The van der Waals surface area contributed by atoms with Crippen LogP contribution in [0.2, 0.25) is 0 Å². The maximum Gasteiger partial charge on any atom is 0.0455 e. The molecule has 0 aliphatic heterocycles. The molecule has 0 spiro atoms. The van der Waals surface area contributed by atoms with E-state index in [0.29, 0.717) is 0 Å². The smallest absolute Gasteiger partial charge is 0.0455 e. The van der Waals surface area contributed by atoms with Gasteiger partial charge in [-0.15, -0.1) is 45.3 Å². The van der Waals surface area contributed by atoms with Crippen LogP contribution >= 0.6 is 45.3 Å². The Kier molecular flexibility index (Phi) is 5.96. The molecule has 176 valence electrons. The zero-order valence-corrected chi connectivity index (χ0v) is 24.5. The summed E-state index contributed by atoms with van der Waals surface area (Å²) in [5.74, 6) is 0. The summed E-state index contributed by atoms with van der Waals surface area (Å²) in [5.41, 5.74) is 3.28. The van der Waals surface area contributed by atoms with Crippen LogP contribution in [0.1, 0.15) is 72.2 Å². The van der Waals surface area contributed by atoms with E-state index in [2.05, 4.69) is 104 Å². The molecule has 0 radical (unpaired) electrons. The molecule has 0 aliphatic rings. The lowest BCUT2D eigenvalue weighted by atomic mass is 9.93. The average Bonchev–Trinajstić information content (AvgIpc) is 3.53. The highest BCUT2D eigenvalue weighted by Gasteiger charge is 2.21. The molecule has 5 aromatic rings. The topological polar surface area (TPSA) is 0 Å². The van der Waals surface area contributed by atoms with Gasteiger partial charge in [-0.1, -0.05) is 41.5 Å². The number of hydrogen-bond donors (Lipinski definition) is 0. The highest BCUT2D eigenvalue weighted by molar-refractivity contribution is 7.26. The summed E-state index contributed by atoms with van der Waals surface area (Å²) in [5, 5.41) is 2.86. The molecule has 0 saturated heterocycles. The van der Waals surface area contributed by atoms with Crippen LogP contribution < -0.4 is 0 Å². The van der Waals surface area contributed by atoms with Gasteiger partial charge >= 0.3 is 0 Å². The first-order valence-electron chi connectivity index (χ1n) is 11.8. The molecule has 0 nitrogen and oxygen atoms in total. The van der Waals surface area contributed by atoms with Crippen molar-refractivity contribution in [2.45, 2.75) is 66.2 Å². The highest BCUT2D eigenvalue weighted by atomic mass is 32.1. The normalized spacial score (nSPS) is 13.2. The Morgan fingerprint density at radius 3 is 1.74 bits per heavy atom. The van der Waals surface area contributed by atoms with Crippen LogP contribution in [0.25, 0.3) is 42.1 Å². The second-order valence-corrected chi connectivity index (χ2v) is 15.5. The lowest BCUT2D eigenvalue weighted by Gasteiger charge is -2.15. The van der Waals surface area contributed by atoms with Gasteiger partial charge in [0.25, 0.3) is 0 Å². The fourth-order valence-corrected chi connectivity index (χ4v) is 8.69. The Hall–Kier alpha value is -1.72. The Morgan fingerprint density at radius 2 is 1.12 bits per heavy atom. The van der Waals surface area contributed by atoms with Crippen molar-refractivity contribution in [3.63, 3.8) is 0 Å². The monoisotopic (exact) mass is 520 g/mol. The summed E-state index contributed by atoms with van der Waals surface area (Å²) in [4.78, 5) is 8.28. The molecule has 5 rings (SSSR count). The summed E-state index contributed by atoms with van der Waals surface area (Å²) in [6, 6.07) is 13.9. The molecule has 0 N–H and O–H groups in total. The molecule has 0 atom stereocenters. The first kappa shape index (κ1) is 24.0. The van der Waals surface area contributed by atoms with Crippen LogP contribution in [0.4, 0.5) is 0 Å². The summed E-state index contributed by atoms with van der Waals surface area (Å²) < 4.78 is 2.90. The fourth-order valence-electron chi connectivity index (χ4n) is 4.22. The predicted octanol–water partition coefficient (Wildman–Crippen LogP) is 11.3. The van der Waals surface area contributed by atoms with Gasteiger partial charge in [0, 0.05) is 38.7 Å². The number of aryl methyl sites for hydroxylation is 2. The first-order valence-corrected chi connectivity index (χ1v) is 15.0. The van der Waals surface area contributed by atoms with Gasteiger partial charge in [-0.3, -0.25) is 0 Å². The van der Waals surface area contributed by atoms with Gasteiger partial charge in [0.15, 0.2) is 0 Å². The van der Waals surface area contributed by atoms with Gasteiger partial charge in [0.1, 0.15) is 0 Å². The van der Waals surface area contributed by atoms with Gasteiger partial charge in [-0.25, -0.2) is 0 Å². The maximum atomic E-state index is 2.44. The van der Waals surface area contributed by atoms with Crippen molar-refractivity contribution in [1.29, 1.82) is 0 Å². The van der Waals surface area contributed by atoms with Gasteiger partial charge < -0.3 is 0 Å². The molecule has 4 heterocycles. The van der Waals surface area contributed by atoms with Gasteiger partial charge in [0.05, 0.1) is 0 Å². The van der Waals surface area contributed by atoms with Crippen molar-refractivity contribution in [2.75, 3.05) is 0 Å². The van der Waals surface area contributed by atoms with Gasteiger partial charge in [-0.2, -0.15) is 0 Å². The minimum absolute atomic E-state index is 0.194. The Balaban J connectivity index is 1.48. The number of rotatable bonds is 3. The molecule has 0 bridgehead atoms. The van der Waals surface area contributed by atoms with Crippen molar-refractivity contribution in [3.8, 4) is 9.75 Å². The fraction of sp³-hybridized carbons (Fsp3) is 0.333. The predicted molar refractivity (Wildman–Crippen MR) is 161 cm³/mol. The summed E-state index contributed by atoms with van der Waals surface area (Å²) >= 11 is 7.71. The molecule has 34 heavy (non-hydrogen) atoms. The van der Waals surface area contributed by atoms with Crippen LogP contribution in [0.15, 0.2) is 36.4 Å². The maximum absolute atomic E-state index is 2.44. The van der Waals surface area contributed by atoms with Crippen molar-refractivity contribution in [1.82, 2.24) is 0 Å². The minimum atomic E-state index is 0.194. The van der Waals surface area contributed by atoms with Crippen LogP contribution in [0.3, 0.4) is 0 Å². The molecule has 4 aromatic heterocycles. The van der Waals surface area contributed by atoms with E-state index in [1.165, 1.54) is 60.6 Å². The van der Waals surface area contributed by atoms with Crippen molar-refractivity contribution in [3.05, 3.63) is 67.0 Å². The lowest BCUT2D eigenvalue weighted by molar-refractivity contribution is 0.604. The summed E-state index contributed by atoms with van der Waals surface area (Å²) in [6.07, 6.45) is 4.52. The van der Waals surface area contributed by atoms with Crippen LogP contribution in [0.5, 0.6) is 0 Å². The molecule has 0 unspecified atom stereocenters. The minimum Gasteiger partial charge on any atom is -0.140 e. The van der Waals surface area contributed by atoms with Crippen molar-refractivity contribution >= 4 is 77.7 Å². The lowest BCUT2D eigenvalue weighted by Crippen LogP contribution is -2.07. The first-order chi connectivity index (χ1) is 15.9. The summed E-state index contributed by atoms with van der Waals surface area (Å²) in [7, 11) is 0. The second-order valence-electron chi connectivity index (χ2n) is 11.2. The van der Waals surface area contributed by atoms with E-state index < -0.39 is 0 Å². The Bertz CT molecular complexity index is 1470. The molecular weight excluding hydrogens is 489 g/mol. The Labute approximate surface area is 219 Å². The van der Waals surface area contributed by atoms with Crippen molar-refractivity contribution in [2.24, 2.45) is 0 Å². The highest BCUT2D eigenvalue weighted by Crippen LogP contribution is 2.46. The number of hydrogen-bond acceptors (Lipinski definition) is 4. The third-order valence-electron chi connectivity index (χ3n) is 6.34. The molecule has 0 fully saturated rings. The Morgan fingerprint density at radius 1 is 0.559 bits per heavy atom. The van der Waals surface area contributed by atoms with Gasteiger partial charge in [-0.05, 0) is 95.1 Å². The van der Waals surface area contributed by atoms with E-state index in [-0.39, 0.29) is 10.8 Å². The van der Waals surface area contributed by atoms with Crippen LogP contribution in [-0.2, 0) is 10.8 Å². The van der Waals surface area contributed by atoms with E-state index in [9.17, 15) is 0 Å². The molecule has 4 heteroatoms. The van der Waals surface area contributed by atoms with Crippen LogP contribution in [0, 0.1) is 13.8 Å². The van der Waals surface area contributed by atoms with Crippen LogP contribution in [-0.4, -0.2) is 0 Å². The summed E-state index contributed by atoms with van der Waals surface area (Å²) in [6.45, 7) is 18.4. The zero-order valence-electron chi connectivity index (χ0n) is 21.3. The molecule has 0 saturated carbocycles. The molecule has 1 aromatic carbocycles. The SMILES string of the molecule is Cc1c2cc(C(C)(C)C)sc2c(C)c2cc(-c3ccc(C=Cc4ccc(C(C)(C)C)s4)s3)sc12. The third-order valence-corrected chi connectivity index (χ3v) is 12.0. The largest absolute Gasteiger partial charge is 0.140 e. The second kappa shape index (κ2) is 8.44. The number of thiophene rings is 4. The van der Waals surface area contributed by atoms with Gasteiger partial charge in [0.2, 0.25) is 0 Å². The zero-order chi connectivity index (χ0) is 24.4. The average molecular weight is 521 g/mol. The standard InChI is InChI=1S/C30H32S4/c1-17-21-15-24(33-27(21)18(2)22-16-26(30(6,7)8)34-28(17)22)23-13-11-19(31-23)9-10-20-12-14-25(32-20)29(3,4)5/h9-16H,1-8H3. The quantitative estimate of drug-likeness (QED) is 0.222. The number of fused-ring (bicyclic) bond motifs is 2. The van der Waals surface area contributed by atoms with E-state index in [1.54, 1.807) is 0 Å². The molecular formula is C30H32S4. The third kappa shape index (κ3) is 4.35. The molecule has 0 aliphatic carbocycles.